The van der Waals surface area contributed by atoms with Crippen molar-refractivity contribution in [2.45, 2.75) is 31.9 Å². The zero-order valence-electron chi connectivity index (χ0n) is 23.5. The van der Waals surface area contributed by atoms with E-state index < -0.39 is 23.0 Å². The first-order valence-corrected chi connectivity index (χ1v) is 14.3. The number of carboxylic acids is 1. The number of aromatic carboxylic acids is 1. The minimum Gasteiger partial charge on any atom is -0.477 e. The number of morpholine rings is 1. The maximum absolute atomic E-state index is 15.6. The molecule has 1 unspecified atom stereocenters. The van der Waals surface area contributed by atoms with Crippen LogP contribution in [-0.4, -0.2) is 71.7 Å². The van der Waals surface area contributed by atoms with Gasteiger partial charge in [-0.05, 0) is 24.5 Å². The molecule has 0 bridgehead atoms. The van der Waals surface area contributed by atoms with Gasteiger partial charge in [0.05, 0.1) is 42.6 Å². The van der Waals surface area contributed by atoms with E-state index in [1.165, 1.54) is 6.20 Å². The van der Waals surface area contributed by atoms with Gasteiger partial charge >= 0.3 is 5.97 Å². The lowest BCUT2D eigenvalue weighted by molar-refractivity contribution is 0.0693. The number of fused-ring (bicyclic) bond motifs is 4. The number of anilines is 2. The van der Waals surface area contributed by atoms with E-state index in [0.717, 1.165) is 18.9 Å². The first-order chi connectivity index (χ1) is 20.9. The van der Waals surface area contributed by atoms with Gasteiger partial charge in [-0.2, -0.15) is 0 Å². The molecule has 2 saturated heterocycles. The summed E-state index contributed by atoms with van der Waals surface area (Å²) in [6, 6.07) is 2.78. The highest BCUT2D eigenvalue weighted by molar-refractivity contribution is 5.98. The Morgan fingerprint density at radius 1 is 1.14 bits per heavy atom. The summed E-state index contributed by atoms with van der Waals surface area (Å²) in [6.07, 6.45) is 6.54. The van der Waals surface area contributed by atoms with Crippen molar-refractivity contribution in [3.05, 3.63) is 69.4 Å². The molecule has 1 atom stereocenters. The van der Waals surface area contributed by atoms with Gasteiger partial charge in [0.1, 0.15) is 11.2 Å². The normalized spacial score (nSPS) is 17.7. The molecule has 2 N–H and O–H groups in total. The van der Waals surface area contributed by atoms with Crippen LogP contribution in [0.4, 0.5) is 20.2 Å². The Balaban J connectivity index is 1.46. The van der Waals surface area contributed by atoms with E-state index in [-0.39, 0.29) is 22.6 Å². The van der Waals surface area contributed by atoms with Gasteiger partial charge in [-0.1, -0.05) is 0 Å². The zero-order chi connectivity index (χ0) is 29.8. The number of hydrogen-bond donors (Lipinski definition) is 2. The van der Waals surface area contributed by atoms with Crippen LogP contribution in [0, 0.1) is 11.6 Å². The molecular weight excluding hydrogens is 560 g/mol. The van der Waals surface area contributed by atoms with Gasteiger partial charge in [0.15, 0.2) is 11.6 Å². The van der Waals surface area contributed by atoms with E-state index in [4.69, 9.17) is 9.47 Å². The second kappa shape index (κ2) is 10.7. The van der Waals surface area contributed by atoms with Crippen LogP contribution in [0.2, 0.25) is 0 Å². The number of nitrogens with one attached hydrogen (secondary N) is 1. The molecule has 2 fully saturated rings. The number of carboxylic acid groups (broad SMARTS) is 1. The van der Waals surface area contributed by atoms with Crippen LogP contribution in [-0.2, 0) is 22.4 Å². The van der Waals surface area contributed by atoms with E-state index >= 15 is 4.39 Å². The Morgan fingerprint density at radius 3 is 2.67 bits per heavy atom. The fourth-order valence-electron chi connectivity index (χ4n) is 6.48. The van der Waals surface area contributed by atoms with Crippen molar-refractivity contribution in [2.24, 2.45) is 0 Å². The van der Waals surface area contributed by atoms with Gasteiger partial charge in [-0.3, -0.25) is 9.78 Å². The van der Waals surface area contributed by atoms with Crippen molar-refractivity contribution in [3.63, 3.8) is 0 Å². The molecule has 5 heterocycles. The molecule has 0 saturated carbocycles. The third-order valence-corrected chi connectivity index (χ3v) is 8.53. The first kappa shape index (κ1) is 27.4. The lowest BCUT2D eigenvalue weighted by atomic mass is 9.96. The monoisotopic (exact) mass is 589 g/mol. The van der Waals surface area contributed by atoms with E-state index in [2.05, 4.69) is 20.2 Å². The molecule has 222 valence electrons. The number of aromatic nitrogens is 3. The average Bonchev–Trinajstić information content (AvgIpc) is 3.68. The van der Waals surface area contributed by atoms with Gasteiger partial charge in [-0.25, -0.2) is 18.6 Å². The molecule has 0 radical (unpaired) electrons. The maximum Gasteiger partial charge on any atom is 0.341 e. The molecule has 10 nitrogen and oxygen atoms in total. The van der Waals surface area contributed by atoms with Crippen molar-refractivity contribution in [2.75, 3.05) is 50.2 Å². The summed E-state index contributed by atoms with van der Waals surface area (Å²) in [7, 11) is 1.66. The molecule has 43 heavy (non-hydrogen) atoms. The average molecular weight is 590 g/mol. The van der Waals surface area contributed by atoms with Crippen molar-refractivity contribution >= 4 is 28.4 Å². The Morgan fingerprint density at radius 2 is 1.95 bits per heavy atom. The third kappa shape index (κ3) is 4.52. The Kier molecular flexibility index (Phi) is 6.82. The third-order valence-electron chi connectivity index (χ3n) is 8.53. The van der Waals surface area contributed by atoms with Gasteiger partial charge in [0.25, 0.3) is 0 Å². The highest BCUT2D eigenvalue weighted by Crippen LogP contribution is 2.50. The molecular formula is C31H29F2N5O5. The van der Waals surface area contributed by atoms with Gasteiger partial charge < -0.3 is 29.4 Å². The summed E-state index contributed by atoms with van der Waals surface area (Å²) in [5, 5.41) is 12.9. The highest BCUT2D eigenvalue weighted by Gasteiger charge is 2.34. The predicted molar refractivity (Wildman–Crippen MR) is 156 cm³/mol. The topological polar surface area (TPSA) is 119 Å². The number of rotatable bonds is 6. The lowest BCUT2D eigenvalue weighted by Crippen LogP contribution is -2.37. The van der Waals surface area contributed by atoms with Crippen LogP contribution in [0.25, 0.3) is 33.3 Å². The van der Waals surface area contributed by atoms with Gasteiger partial charge in [0.2, 0.25) is 5.43 Å². The number of benzene rings is 1. The molecule has 4 aromatic rings. The second-order valence-corrected chi connectivity index (χ2v) is 11.0. The lowest BCUT2D eigenvalue weighted by Gasteiger charge is -2.32. The quantitative estimate of drug-likeness (QED) is 0.302. The van der Waals surface area contributed by atoms with Crippen LogP contribution in [0.3, 0.4) is 0 Å². The molecule has 0 amide bonds. The van der Waals surface area contributed by atoms with Crippen molar-refractivity contribution in [1.29, 1.82) is 0 Å². The largest absolute Gasteiger partial charge is 0.477 e. The number of ether oxygens (including phenoxy) is 2. The fourth-order valence-corrected chi connectivity index (χ4v) is 6.48. The summed E-state index contributed by atoms with van der Waals surface area (Å²) in [5.74, 6) is -3.24. The Hall–Kier alpha value is -4.42. The molecule has 1 aliphatic carbocycles. The highest BCUT2D eigenvalue weighted by atomic mass is 19.2. The number of halogens is 2. The van der Waals surface area contributed by atoms with E-state index in [0.29, 0.717) is 90.8 Å². The van der Waals surface area contributed by atoms with Crippen molar-refractivity contribution in [3.8, 4) is 22.3 Å². The van der Waals surface area contributed by atoms with Crippen molar-refractivity contribution < 1.29 is 28.2 Å². The molecule has 7 rings (SSSR count). The number of hydrogen-bond acceptors (Lipinski definition) is 8. The fraction of sp³-hybridized carbons (Fsp3) is 0.355. The molecule has 1 aromatic carbocycles. The Labute approximate surface area is 244 Å². The molecule has 3 aliphatic rings. The standard InChI is InChI=1S/C31H29F2N5O5/c1-34-23-11-22(32)27(33)25-18(23)10-24-26(25)28(37-4-7-42-8-5-37)20(13-35-24)16-9-19-29(39)21(31(40)41)15-38(30(19)36-12-16)14-17-3-2-6-43-17/h9,11-13,15,17,34H,2-8,10,14H2,1H3,(H,40,41). The summed E-state index contributed by atoms with van der Waals surface area (Å²) in [4.78, 5) is 36.9. The van der Waals surface area contributed by atoms with E-state index in [9.17, 15) is 19.1 Å². The van der Waals surface area contributed by atoms with Crippen LogP contribution in [0.5, 0.6) is 0 Å². The van der Waals surface area contributed by atoms with Crippen LogP contribution in [0.15, 0.2) is 35.5 Å². The molecule has 3 aromatic heterocycles. The van der Waals surface area contributed by atoms with Crippen molar-refractivity contribution in [1.82, 2.24) is 14.5 Å². The molecule has 12 heteroatoms. The van der Waals surface area contributed by atoms with Crippen LogP contribution in [0.1, 0.15) is 34.5 Å². The smallest absolute Gasteiger partial charge is 0.341 e. The van der Waals surface area contributed by atoms with Gasteiger partial charge in [0, 0.05) is 85.8 Å². The van der Waals surface area contributed by atoms with Gasteiger partial charge in [-0.15, -0.1) is 0 Å². The zero-order valence-corrected chi connectivity index (χ0v) is 23.5. The maximum atomic E-state index is 15.6. The SMILES string of the molecule is CNc1cc(F)c(F)c2c1Cc1ncc(-c3cnc4c(c3)c(=O)c(C(=O)O)cn4CC3CCCO3)c(N3CCOCC3)c1-2. The predicted octanol–water partition coefficient (Wildman–Crippen LogP) is 4.06. The van der Waals surface area contributed by atoms with E-state index in [1.807, 2.05) is 0 Å². The first-order valence-electron chi connectivity index (χ1n) is 14.3. The minimum atomic E-state index is -1.33. The van der Waals surface area contributed by atoms with Crippen LogP contribution >= 0.6 is 0 Å². The molecule has 2 aliphatic heterocycles. The number of nitrogens with zero attached hydrogens (tertiary/aromatic N) is 4. The summed E-state index contributed by atoms with van der Waals surface area (Å²) in [5.41, 5.74) is 3.43. The molecule has 0 spiro atoms. The minimum absolute atomic E-state index is 0.111. The van der Waals surface area contributed by atoms with E-state index in [1.54, 1.807) is 30.1 Å². The Bertz CT molecular complexity index is 1850. The summed E-state index contributed by atoms with van der Waals surface area (Å²) in [6.45, 7) is 2.90. The number of pyridine rings is 3. The second-order valence-electron chi connectivity index (χ2n) is 11.0. The number of carbonyl (C=O) groups is 1. The summed E-state index contributed by atoms with van der Waals surface area (Å²) < 4.78 is 43.4. The summed E-state index contributed by atoms with van der Waals surface area (Å²) >= 11 is 0. The van der Waals surface area contributed by atoms with Crippen LogP contribution < -0.4 is 15.6 Å².